The molecule has 33 heavy (non-hydrogen) atoms. The molecule has 1 heterocycles. The number of pyridine rings is 1. The Morgan fingerprint density at radius 3 is 2.55 bits per heavy atom. The highest BCUT2D eigenvalue weighted by atomic mass is 16.5. The maximum atomic E-state index is 12.9. The maximum absolute atomic E-state index is 12.9. The van der Waals surface area contributed by atoms with Gasteiger partial charge < -0.3 is 14.6 Å². The van der Waals surface area contributed by atoms with Crippen molar-refractivity contribution in [3.05, 3.63) is 89.7 Å². The van der Waals surface area contributed by atoms with Gasteiger partial charge in [0.25, 0.3) is 0 Å². The van der Waals surface area contributed by atoms with Crippen molar-refractivity contribution in [2.45, 2.75) is 39.5 Å². The van der Waals surface area contributed by atoms with E-state index in [1.54, 1.807) is 24.4 Å². The normalized spacial score (nSPS) is 11.0. The lowest BCUT2D eigenvalue weighted by atomic mass is 10.0. The second-order valence-electron chi connectivity index (χ2n) is 7.47. The Morgan fingerprint density at radius 1 is 1.15 bits per heavy atom. The molecule has 0 atom stereocenters. The SMILES string of the molecule is C=C/C=C(\C=C)C(=O)c1cc(CC)cnc1OCCCOc1ccc(CCC(=O)O)c(C)c1. The van der Waals surface area contributed by atoms with Crippen LogP contribution in [-0.4, -0.2) is 35.1 Å². The van der Waals surface area contributed by atoms with Crippen LogP contribution in [0.4, 0.5) is 0 Å². The topological polar surface area (TPSA) is 85.7 Å². The van der Waals surface area contributed by atoms with Crippen LogP contribution in [0.5, 0.6) is 11.6 Å². The zero-order valence-electron chi connectivity index (χ0n) is 19.3. The molecule has 6 nitrogen and oxygen atoms in total. The Labute approximate surface area is 195 Å². The van der Waals surface area contributed by atoms with E-state index in [0.717, 1.165) is 28.9 Å². The summed E-state index contributed by atoms with van der Waals surface area (Å²) in [5.74, 6) is -0.0149. The number of Topliss-reactive ketones (excluding diaryl/α,β-unsaturated/α-hetero) is 1. The summed E-state index contributed by atoms with van der Waals surface area (Å²) in [5.41, 5.74) is 3.76. The number of carboxylic acid groups (broad SMARTS) is 1. The van der Waals surface area contributed by atoms with Gasteiger partial charge in [-0.25, -0.2) is 4.98 Å². The standard InChI is InChI=1S/C27H31NO5/c1-5-9-21(7-3)26(31)24-17-20(6-2)18-28-27(24)33-15-8-14-32-23-12-10-22(19(4)16-23)11-13-25(29)30/h5,7,9-10,12,16-18H,1,3,6,8,11,13-15H2,2,4H3,(H,29,30)/b21-9+. The molecule has 1 aromatic heterocycles. The van der Waals surface area contributed by atoms with Crippen molar-refractivity contribution in [1.29, 1.82) is 0 Å². The van der Waals surface area contributed by atoms with Gasteiger partial charge in [0.1, 0.15) is 5.75 Å². The number of carbonyl (C=O) groups is 2. The van der Waals surface area contributed by atoms with Gasteiger partial charge in [0.05, 0.1) is 18.8 Å². The number of ketones is 1. The summed E-state index contributed by atoms with van der Waals surface area (Å²) in [6.07, 6.45) is 8.32. The number of rotatable bonds is 14. The van der Waals surface area contributed by atoms with E-state index in [1.807, 2.05) is 32.0 Å². The minimum atomic E-state index is -0.809. The van der Waals surface area contributed by atoms with Gasteiger partial charge in [-0.3, -0.25) is 9.59 Å². The molecule has 0 aliphatic rings. The highest BCUT2D eigenvalue weighted by Gasteiger charge is 2.17. The van der Waals surface area contributed by atoms with Crippen LogP contribution >= 0.6 is 0 Å². The third-order valence-corrected chi connectivity index (χ3v) is 5.06. The summed E-state index contributed by atoms with van der Waals surface area (Å²) in [7, 11) is 0. The fourth-order valence-corrected chi connectivity index (χ4v) is 3.18. The zero-order valence-corrected chi connectivity index (χ0v) is 19.3. The molecule has 0 saturated carbocycles. The highest BCUT2D eigenvalue weighted by molar-refractivity contribution is 6.12. The van der Waals surface area contributed by atoms with Crippen LogP contribution in [0.1, 0.15) is 46.8 Å². The molecule has 0 aliphatic heterocycles. The van der Waals surface area contributed by atoms with Crippen molar-refractivity contribution >= 4 is 11.8 Å². The Balaban J connectivity index is 1.95. The van der Waals surface area contributed by atoms with Crippen molar-refractivity contribution in [2.24, 2.45) is 0 Å². The number of hydrogen-bond donors (Lipinski definition) is 1. The van der Waals surface area contributed by atoms with E-state index in [4.69, 9.17) is 14.6 Å². The van der Waals surface area contributed by atoms with Gasteiger partial charge in [0, 0.05) is 24.6 Å². The van der Waals surface area contributed by atoms with Crippen LogP contribution in [0.25, 0.3) is 0 Å². The van der Waals surface area contributed by atoms with Crippen LogP contribution in [0.2, 0.25) is 0 Å². The van der Waals surface area contributed by atoms with Crippen LogP contribution in [0, 0.1) is 6.92 Å². The molecule has 0 saturated heterocycles. The number of hydrogen-bond acceptors (Lipinski definition) is 5. The van der Waals surface area contributed by atoms with E-state index < -0.39 is 5.97 Å². The van der Waals surface area contributed by atoms with Crippen LogP contribution in [0.15, 0.2) is 67.4 Å². The number of carboxylic acids is 1. The number of carbonyl (C=O) groups excluding carboxylic acids is 1. The fraction of sp³-hybridized carbons (Fsp3) is 0.296. The summed E-state index contributed by atoms with van der Waals surface area (Å²) < 4.78 is 11.6. The average molecular weight is 450 g/mol. The quantitative estimate of drug-likeness (QED) is 0.182. The first-order chi connectivity index (χ1) is 15.9. The number of ether oxygens (including phenoxy) is 2. The van der Waals surface area contributed by atoms with E-state index in [1.165, 1.54) is 6.08 Å². The molecular formula is C27H31NO5. The minimum absolute atomic E-state index is 0.105. The van der Waals surface area contributed by atoms with Gasteiger partial charge >= 0.3 is 5.97 Å². The molecule has 6 heteroatoms. The fourth-order valence-electron chi connectivity index (χ4n) is 3.18. The molecule has 1 aromatic carbocycles. The van der Waals surface area contributed by atoms with E-state index in [-0.39, 0.29) is 18.1 Å². The maximum Gasteiger partial charge on any atom is 0.303 e. The van der Waals surface area contributed by atoms with Crippen LogP contribution < -0.4 is 9.47 Å². The number of aromatic nitrogens is 1. The Morgan fingerprint density at radius 2 is 1.91 bits per heavy atom. The van der Waals surface area contributed by atoms with Gasteiger partial charge in [-0.05, 0) is 54.7 Å². The van der Waals surface area contributed by atoms with Gasteiger partial charge in [0.15, 0.2) is 5.78 Å². The number of aliphatic carboxylic acids is 1. The van der Waals surface area contributed by atoms with Gasteiger partial charge in [-0.1, -0.05) is 44.4 Å². The summed E-state index contributed by atoms with van der Waals surface area (Å²) in [6, 6.07) is 7.45. The number of benzene rings is 1. The van der Waals surface area contributed by atoms with Crippen molar-refractivity contribution in [2.75, 3.05) is 13.2 Å². The van der Waals surface area contributed by atoms with Crippen molar-refractivity contribution in [1.82, 2.24) is 4.98 Å². The molecule has 1 N–H and O–H groups in total. The molecule has 0 bridgehead atoms. The highest BCUT2D eigenvalue weighted by Crippen LogP contribution is 2.22. The lowest BCUT2D eigenvalue weighted by Crippen LogP contribution is -2.11. The van der Waals surface area contributed by atoms with Crippen molar-refractivity contribution in [3.8, 4) is 11.6 Å². The average Bonchev–Trinajstić information content (AvgIpc) is 2.81. The molecular weight excluding hydrogens is 418 g/mol. The predicted molar refractivity (Wildman–Crippen MR) is 129 cm³/mol. The molecule has 0 amide bonds. The first-order valence-corrected chi connectivity index (χ1v) is 10.9. The Hall–Kier alpha value is -3.67. The Bertz CT molecular complexity index is 1040. The zero-order chi connectivity index (χ0) is 24.2. The number of nitrogens with zero attached hydrogens (tertiary/aromatic N) is 1. The molecule has 0 aliphatic carbocycles. The predicted octanol–water partition coefficient (Wildman–Crippen LogP) is 5.30. The van der Waals surface area contributed by atoms with Gasteiger partial charge in [-0.15, -0.1) is 0 Å². The second kappa shape index (κ2) is 13.0. The molecule has 0 unspecified atom stereocenters. The molecule has 174 valence electrons. The lowest BCUT2D eigenvalue weighted by Gasteiger charge is -2.12. The van der Waals surface area contributed by atoms with Crippen molar-refractivity contribution < 1.29 is 24.2 Å². The smallest absolute Gasteiger partial charge is 0.303 e. The summed E-state index contributed by atoms with van der Waals surface area (Å²) >= 11 is 0. The minimum Gasteiger partial charge on any atom is -0.493 e. The van der Waals surface area contributed by atoms with Crippen molar-refractivity contribution in [3.63, 3.8) is 0 Å². The van der Waals surface area contributed by atoms with Crippen LogP contribution in [0.3, 0.4) is 0 Å². The summed E-state index contributed by atoms with van der Waals surface area (Å²) in [4.78, 5) is 28.0. The van der Waals surface area contributed by atoms with E-state index >= 15 is 0 Å². The van der Waals surface area contributed by atoms with E-state index in [9.17, 15) is 9.59 Å². The Kier molecular flexibility index (Phi) is 10.1. The summed E-state index contributed by atoms with van der Waals surface area (Å²) in [6.45, 7) is 12.0. The largest absolute Gasteiger partial charge is 0.493 e. The third-order valence-electron chi connectivity index (χ3n) is 5.06. The molecule has 2 aromatic rings. The molecule has 0 radical (unpaired) electrons. The first kappa shape index (κ1) is 25.6. The number of allylic oxidation sites excluding steroid dienone is 4. The number of aryl methyl sites for hydroxylation is 3. The first-order valence-electron chi connectivity index (χ1n) is 10.9. The molecule has 2 rings (SSSR count). The van der Waals surface area contributed by atoms with E-state index in [2.05, 4.69) is 18.1 Å². The lowest BCUT2D eigenvalue weighted by molar-refractivity contribution is -0.136. The van der Waals surface area contributed by atoms with E-state index in [0.29, 0.717) is 37.2 Å². The second-order valence-corrected chi connectivity index (χ2v) is 7.47. The van der Waals surface area contributed by atoms with Crippen LogP contribution in [-0.2, 0) is 17.6 Å². The molecule has 0 fully saturated rings. The molecule has 0 spiro atoms. The monoisotopic (exact) mass is 449 g/mol. The van der Waals surface area contributed by atoms with Gasteiger partial charge in [0.2, 0.25) is 5.88 Å². The summed E-state index contributed by atoms with van der Waals surface area (Å²) in [5, 5.41) is 8.84. The van der Waals surface area contributed by atoms with Gasteiger partial charge in [-0.2, -0.15) is 0 Å². The third kappa shape index (κ3) is 7.75.